The van der Waals surface area contributed by atoms with Crippen LogP contribution in [0.3, 0.4) is 0 Å². The summed E-state index contributed by atoms with van der Waals surface area (Å²) in [7, 11) is 1.58. The van der Waals surface area contributed by atoms with Gasteiger partial charge < -0.3 is 14.2 Å². The molecule has 0 fully saturated rings. The Bertz CT molecular complexity index is 89.8. The van der Waals surface area contributed by atoms with Gasteiger partial charge >= 0.3 is 0 Å². The molecule has 0 heterocycles. The average molecular weight is 183 g/mol. The minimum atomic E-state index is -0.260. The predicted molar refractivity (Wildman–Crippen MR) is 43.7 cm³/mol. The maximum atomic E-state index is 5.40. The lowest BCUT2D eigenvalue weighted by molar-refractivity contribution is -0.221. The van der Waals surface area contributed by atoms with Gasteiger partial charge in [0.25, 0.3) is 0 Å². The average Bonchev–Trinajstić information content (AvgIpc) is 2.00. The molecule has 3 nitrogen and oxygen atoms in total. The first kappa shape index (κ1) is 11.2. The van der Waals surface area contributed by atoms with Crippen molar-refractivity contribution in [1.82, 2.24) is 0 Å². The fraction of sp³-hybridized carbons (Fsp3) is 1.00. The van der Waals surface area contributed by atoms with Crippen LogP contribution in [-0.2, 0) is 14.2 Å². The van der Waals surface area contributed by atoms with E-state index in [1.165, 1.54) is 0 Å². The number of ether oxygens (including phenoxy) is 3. The second-order valence-electron chi connectivity index (χ2n) is 2.07. The summed E-state index contributed by atoms with van der Waals surface area (Å²) in [4.78, 5) is 0. The largest absolute Gasteiger partial charge is 0.356 e. The molecule has 4 heteroatoms. The van der Waals surface area contributed by atoms with Crippen LogP contribution >= 0.6 is 11.6 Å². The summed E-state index contributed by atoms with van der Waals surface area (Å²) in [6.07, 6.45) is -0.496. The first-order chi connectivity index (χ1) is 5.20. The molecule has 68 valence electrons. The van der Waals surface area contributed by atoms with Gasteiger partial charge in [0, 0.05) is 13.0 Å². The fourth-order valence-corrected chi connectivity index (χ4v) is 0.664. The van der Waals surface area contributed by atoms with Gasteiger partial charge in [-0.1, -0.05) is 0 Å². The highest BCUT2D eigenvalue weighted by Gasteiger charge is 2.06. The number of alkyl halides is 1. The lowest BCUT2D eigenvalue weighted by atomic mass is 10.7. The number of rotatable bonds is 6. The second-order valence-corrected chi connectivity index (χ2v) is 2.44. The zero-order valence-corrected chi connectivity index (χ0v) is 7.93. The highest BCUT2D eigenvalue weighted by molar-refractivity contribution is 6.17. The van der Waals surface area contributed by atoms with Crippen molar-refractivity contribution in [3.63, 3.8) is 0 Å². The predicted octanol–water partition coefficient (Wildman–Crippen LogP) is 1.60. The lowest BCUT2D eigenvalue weighted by Gasteiger charge is -2.17. The van der Waals surface area contributed by atoms with E-state index in [-0.39, 0.29) is 12.6 Å². The van der Waals surface area contributed by atoms with E-state index in [1.807, 2.05) is 6.92 Å². The molecule has 0 aliphatic carbocycles. The van der Waals surface area contributed by atoms with Crippen molar-refractivity contribution >= 4 is 11.6 Å². The summed E-state index contributed by atoms with van der Waals surface area (Å²) in [5, 5.41) is 0. The molecule has 0 radical (unpaired) electrons. The molecule has 11 heavy (non-hydrogen) atoms. The molecule has 0 bridgehead atoms. The van der Waals surface area contributed by atoms with Gasteiger partial charge in [-0.05, 0) is 13.8 Å². The van der Waals surface area contributed by atoms with Gasteiger partial charge in [-0.3, -0.25) is 0 Å². The smallest absolute Gasteiger partial charge is 0.157 e. The molecule has 0 aliphatic heterocycles. The minimum absolute atomic E-state index is 0.236. The van der Waals surface area contributed by atoms with Gasteiger partial charge in [0.15, 0.2) is 12.6 Å². The van der Waals surface area contributed by atoms with Gasteiger partial charge in [0.2, 0.25) is 0 Å². The minimum Gasteiger partial charge on any atom is -0.356 e. The first-order valence-electron chi connectivity index (χ1n) is 3.56. The highest BCUT2D eigenvalue weighted by atomic mass is 35.5. The van der Waals surface area contributed by atoms with Crippen molar-refractivity contribution < 1.29 is 14.2 Å². The van der Waals surface area contributed by atoms with E-state index in [0.717, 1.165) is 0 Å². The van der Waals surface area contributed by atoms with E-state index in [2.05, 4.69) is 0 Å². The Morgan fingerprint density at radius 1 is 1.27 bits per heavy atom. The zero-order valence-electron chi connectivity index (χ0n) is 7.17. The highest BCUT2D eigenvalue weighted by Crippen LogP contribution is 1.99. The molecule has 2 atom stereocenters. The van der Waals surface area contributed by atoms with E-state index in [4.69, 9.17) is 25.8 Å². The van der Waals surface area contributed by atoms with Gasteiger partial charge in [0.1, 0.15) is 0 Å². The summed E-state index contributed by atoms with van der Waals surface area (Å²) < 4.78 is 15.2. The van der Waals surface area contributed by atoms with E-state index >= 15 is 0 Å². The molecule has 0 spiro atoms. The zero-order chi connectivity index (χ0) is 8.69. The molecular weight excluding hydrogens is 168 g/mol. The third kappa shape index (κ3) is 6.56. The first-order valence-corrected chi connectivity index (χ1v) is 4.10. The molecule has 2 unspecified atom stereocenters. The Morgan fingerprint density at radius 2 is 1.91 bits per heavy atom. The Balaban J connectivity index is 3.27. The summed E-state index contributed by atoms with van der Waals surface area (Å²) >= 11 is 5.40. The van der Waals surface area contributed by atoms with Crippen molar-refractivity contribution in [3.05, 3.63) is 0 Å². The topological polar surface area (TPSA) is 27.7 Å². The molecule has 0 saturated carbocycles. The quantitative estimate of drug-likeness (QED) is 0.461. The van der Waals surface area contributed by atoms with Gasteiger partial charge in [0.05, 0.1) is 6.61 Å². The molecular formula is C7H15ClO3. The van der Waals surface area contributed by atoms with Crippen LogP contribution in [-0.4, -0.2) is 32.2 Å². The van der Waals surface area contributed by atoms with Crippen LogP contribution in [0.4, 0.5) is 0 Å². The third-order valence-corrected chi connectivity index (χ3v) is 1.30. The van der Waals surface area contributed by atoms with E-state index in [9.17, 15) is 0 Å². The van der Waals surface area contributed by atoms with Gasteiger partial charge in [-0.15, -0.1) is 11.6 Å². The van der Waals surface area contributed by atoms with E-state index in [0.29, 0.717) is 12.5 Å². The van der Waals surface area contributed by atoms with Crippen molar-refractivity contribution in [2.45, 2.75) is 26.4 Å². The van der Waals surface area contributed by atoms with Crippen LogP contribution in [0.5, 0.6) is 0 Å². The molecule has 0 aromatic rings. The van der Waals surface area contributed by atoms with Crippen LogP contribution < -0.4 is 0 Å². The number of methoxy groups -OCH3 is 1. The maximum absolute atomic E-state index is 5.40. The van der Waals surface area contributed by atoms with Crippen molar-refractivity contribution in [2.24, 2.45) is 0 Å². The van der Waals surface area contributed by atoms with Crippen LogP contribution in [0.2, 0.25) is 0 Å². The second kappa shape index (κ2) is 6.85. The molecule has 0 N–H and O–H groups in total. The number of halogens is 1. The fourth-order valence-electron chi connectivity index (χ4n) is 0.575. The van der Waals surface area contributed by atoms with E-state index in [1.54, 1.807) is 14.0 Å². The normalized spacial score (nSPS) is 16.4. The summed E-state index contributed by atoms with van der Waals surface area (Å²) in [5.74, 6) is 0.481. The summed E-state index contributed by atoms with van der Waals surface area (Å²) in [5.41, 5.74) is 0. The number of hydrogen-bond acceptors (Lipinski definition) is 3. The molecule has 0 saturated heterocycles. The van der Waals surface area contributed by atoms with Crippen molar-refractivity contribution in [2.75, 3.05) is 19.6 Å². The van der Waals surface area contributed by atoms with Crippen LogP contribution in [0, 0.1) is 0 Å². The Hall–Kier alpha value is 0.170. The van der Waals surface area contributed by atoms with Crippen molar-refractivity contribution in [1.29, 1.82) is 0 Å². The maximum Gasteiger partial charge on any atom is 0.157 e. The van der Waals surface area contributed by atoms with Crippen LogP contribution in [0.1, 0.15) is 13.8 Å². The summed E-state index contributed by atoms with van der Waals surface area (Å²) in [6.45, 7) is 4.11. The SMILES string of the molecule is COC(C)OC(C)OCCCl. The van der Waals surface area contributed by atoms with Crippen LogP contribution in [0.15, 0.2) is 0 Å². The lowest BCUT2D eigenvalue weighted by Crippen LogP contribution is -2.21. The van der Waals surface area contributed by atoms with E-state index < -0.39 is 0 Å². The molecule has 0 rings (SSSR count). The van der Waals surface area contributed by atoms with Crippen molar-refractivity contribution in [3.8, 4) is 0 Å². The monoisotopic (exact) mass is 182 g/mol. The van der Waals surface area contributed by atoms with Gasteiger partial charge in [-0.25, -0.2) is 0 Å². The molecule has 0 aliphatic rings. The molecule has 0 aromatic heterocycles. The Labute approximate surface area is 72.6 Å². The number of hydrogen-bond donors (Lipinski definition) is 0. The van der Waals surface area contributed by atoms with Crippen LogP contribution in [0.25, 0.3) is 0 Å². The third-order valence-electron chi connectivity index (χ3n) is 1.14. The summed E-state index contributed by atoms with van der Waals surface area (Å²) in [6, 6.07) is 0. The van der Waals surface area contributed by atoms with Gasteiger partial charge in [-0.2, -0.15) is 0 Å². The molecule has 0 aromatic carbocycles. The Morgan fingerprint density at radius 3 is 2.36 bits per heavy atom. The Kier molecular flexibility index (Phi) is 6.96. The molecule has 0 amide bonds. The standard InChI is InChI=1S/C7H15ClO3/c1-6(9-3)11-7(2)10-5-4-8/h6-7H,4-5H2,1-3H3.